The Hall–Kier alpha value is -4.62. The van der Waals surface area contributed by atoms with Gasteiger partial charge in [0, 0.05) is 19.3 Å². The molecule has 1 aliphatic heterocycles. The standard InChI is InChI=1S/C67H108O12/c1-4-7-10-13-16-19-22-25-27-29-30-32-33-36-38-41-44-47-50-53-59(68)75-56-58(77-60(69)54-51-48-45-42-40-37-34-31-28-26-23-20-17-14-11-8-5-2)57-76-67-65(63(72)62(71)64(79-67)66(73)74)78-61(70)55-52-49-46-43-39-35-24-21-18-15-12-9-6-3/h7,10,12,15-17,19-21,24-28,30,32,36,38,58,62-65,67,71-72H,4-6,8-9,11,13-14,18,22-23,29,31,33-35,37,39-57H2,1-3H3,(H,73,74)/b10-7-,15-12-,19-16-,20-17-,24-21-,27-25-,28-26-,32-30-,38-36-. The Labute approximate surface area is 478 Å². The second-order valence-electron chi connectivity index (χ2n) is 20.6. The molecule has 6 unspecified atom stereocenters. The molecule has 0 saturated carbocycles. The number of hydrogen-bond acceptors (Lipinski definition) is 11. The number of aliphatic hydroxyl groups excluding tert-OH is 2. The Kier molecular flexibility index (Phi) is 49.5. The molecule has 1 rings (SSSR count). The lowest BCUT2D eigenvalue weighted by Crippen LogP contribution is -2.61. The van der Waals surface area contributed by atoms with Crippen LogP contribution in [0.5, 0.6) is 0 Å². The molecule has 3 N–H and O–H groups in total. The number of hydrogen-bond donors (Lipinski definition) is 3. The van der Waals surface area contributed by atoms with Gasteiger partial charge in [0.25, 0.3) is 0 Å². The van der Waals surface area contributed by atoms with Crippen LogP contribution in [-0.2, 0) is 42.9 Å². The predicted molar refractivity (Wildman–Crippen MR) is 321 cm³/mol. The van der Waals surface area contributed by atoms with Crippen LogP contribution >= 0.6 is 0 Å². The highest BCUT2D eigenvalue weighted by molar-refractivity contribution is 5.74. The summed E-state index contributed by atoms with van der Waals surface area (Å²) in [7, 11) is 0. The fourth-order valence-electron chi connectivity index (χ4n) is 8.58. The van der Waals surface area contributed by atoms with Crippen LogP contribution in [0.3, 0.4) is 0 Å². The number of allylic oxidation sites excluding steroid dienone is 18. The lowest BCUT2D eigenvalue weighted by molar-refractivity contribution is -0.301. The van der Waals surface area contributed by atoms with Gasteiger partial charge < -0.3 is 39.0 Å². The van der Waals surface area contributed by atoms with E-state index in [-0.39, 0.29) is 25.9 Å². The van der Waals surface area contributed by atoms with Gasteiger partial charge in [-0.1, -0.05) is 207 Å². The van der Waals surface area contributed by atoms with E-state index in [0.29, 0.717) is 19.3 Å². The van der Waals surface area contributed by atoms with Gasteiger partial charge in [-0.05, 0) is 122 Å². The molecule has 1 fully saturated rings. The molecule has 12 heteroatoms. The van der Waals surface area contributed by atoms with Gasteiger partial charge >= 0.3 is 23.9 Å². The molecule has 1 saturated heterocycles. The fourth-order valence-corrected chi connectivity index (χ4v) is 8.58. The van der Waals surface area contributed by atoms with Gasteiger partial charge in [0.1, 0.15) is 18.8 Å². The molecule has 0 aromatic heterocycles. The first-order valence-electron chi connectivity index (χ1n) is 30.9. The summed E-state index contributed by atoms with van der Waals surface area (Å²) in [6, 6.07) is 0. The number of esters is 3. The number of aliphatic hydroxyl groups is 2. The van der Waals surface area contributed by atoms with Crippen LogP contribution in [0.1, 0.15) is 239 Å². The lowest BCUT2D eigenvalue weighted by atomic mass is 9.98. The maximum atomic E-state index is 13.2. The van der Waals surface area contributed by atoms with Crippen LogP contribution in [0.25, 0.3) is 0 Å². The van der Waals surface area contributed by atoms with E-state index < -0.39 is 67.3 Å². The van der Waals surface area contributed by atoms with Crippen molar-refractivity contribution in [2.45, 2.75) is 276 Å². The van der Waals surface area contributed by atoms with Crippen LogP contribution in [0.4, 0.5) is 0 Å². The smallest absolute Gasteiger partial charge is 0.335 e. The van der Waals surface area contributed by atoms with Crippen molar-refractivity contribution in [2.24, 2.45) is 0 Å². The SMILES string of the molecule is CC/C=C\C/C=C\C/C=C\C/C=C\C/C=C\CCCCCC(=O)OCC(COC1OC(C(=O)O)C(O)C(O)C1OC(=O)CCCCCCC/C=C\C/C=C\CCC)OC(=O)CCCCCCCCC/C=C\C/C=C\CCCCC. The van der Waals surface area contributed by atoms with Gasteiger partial charge in [-0.15, -0.1) is 0 Å². The molecule has 79 heavy (non-hydrogen) atoms. The molecular weight excluding hydrogens is 997 g/mol. The molecule has 448 valence electrons. The summed E-state index contributed by atoms with van der Waals surface area (Å²) in [5.74, 6) is -3.20. The Morgan fingerprint density at radius 3 is 1.28 bits per heavy atom. The maximum Gasteiger partial charge on any atom is 0.335 e. The first kappa shape index (κ1) is 72.4. The fraction of sp³-hybridized carbons (Fsp3) is 0.672. The van der Waals surface area contributed by atoms with E-state index in [1.165, 1.54) is 19.3 Å². The maximum absolute atomic E-state index is 13.2. The molecule has 1 heterocycles. The highest BCUT2D eigenvalue weighted by Crippen LogP contribution is 2.26. The zero-order chi connectivity index (χ0) is 57.5. The van der Waals surface area contributed by atoms with Crippen LogP contribution in [0, 0.1) is 0 Å². The van der Waals surface area contributed by atoms with Gasteiger partial charge in [-0.3, -0.25) is 14.4 Å². The third kappa shape index (κ3) is 43.8. The quantitative estimate of drug-likeness (QED) is 0.0228. The highest BCUT2D eigenvalue weighted by Gasteiger charge is 2.50. The van der Waals surface area contributed by atoms with Crippen molar-refractivity contribution >= 4 is 23.9 Å². The van der Waals surface area contributed by atoms with Crippen molar-refractivity contribution in [3.63, 3.8) is 0 Å². The monoisotopic (exact) mass is 1100 g/mol. The Bertz CT molecular complexity index is 1790. The average Bonchev–Trinajstić information content (AvgIpc) is 3.44. The van der Waals surface area contributed by atoms with Crippen LogP contribution in [0.15, 0.2) is 109 Å². The molecule has 1 aliphatic rings. The van der Waals surface area contributed by atoms with E-state index in [1.807, 2.05) is 0 Å². The van der Waals surface area contributed by atoms with Crippen LogP contribution in [0.2, 0.25) is 0 Å². The highest BCUT2D eigenvalue weighted by atomic mass is 16.7. The second kappa shape index (κ2) is 54.0. The Morgan fingerprint density at radius 2 is 0.823 bits per heavy atom. The summed E-state index contributed by atoms with van der Waals surface area (Å²) < 4.78 is 28.4. The van der Waals surface area contributed by atoms with E-state index in [0.717, 1.165) is 161 Å². The van der Waals surface area contributed by atoms with Crippen molar-refractivity contribution in [2.75, 3.05) is 13.2 Å². The summed E-state index contributed by atoms with van der Waals surface area (Å²) in [5.41, 5.74) is 0. The first-order valence-corrected chi connectivity index (χ1v) is 30.9. The van der Waals surface area contributed by atoms with Gasteiger partial charge in [0.2, 0.25) is 0 Å². The van der Waals surface area contributed by atoms with E-state index in [1.54, 1.807) is 0 Å². The van der Waals surface area contributed by atoms with Crippen molar-refractivity contribution < 1.29 is 58.2 Å². The van der Waals surface area contributed by atoms with Gasteiger partial charge in [-0.2, -0.15) is 0 Å². The summed E-state index contributed by atoms with van der Waals surface area (Å²) >= 11 is 0. The van der Waals surface area contributed by atoms with Crippen molar-refractivity contribution in [1.29, 1.82) is 0 Å². The number of carbonyl (C=O) groups excluding carboxylic acids is 3. The van der Waals surface area contributed by atoms with Crippen molar-refractivity contribution in [3.8, 4) is 0 Å². The number of ether oxygens (including phenoxy) is 5. The van der Waals surface area contributed by atoms with Crippen molar-refractivity contribution in [1.82, 2.24) is 0 Å². The number of aliphatic carboxylic acids is 1. The van der Waals surface area contributed by atoms with Crippen LogP contribution < -0.4 is 0 Å². The van der Waals surface area contributed by atoms with Gasteiger partial charge in [0.05, 0.1) is 6.61 Å². The number of carbonyl (C=O) groups is 4. The molecule has 0 amide bonds. The summed E-state index contributed by atoms with van der Waals surface area (Å²) in [6.07, 6.45) is 60.5. The second-order valence-corrected chi connectivity index (χ2v) is 20.6. The molecule has 0 aromatic carbocycles. The van der Waals surface area contributed by atoms with E-state index in [4.69, 9.17) is 23.7 Å². The number of carboxylic acid groups (broad SMARTS) is 1. The number of unbranched alkanes of at least 4 members (excludes halogenated alkanes) is 19. The molecule has 0 aromatic rings. The van der Waals surface area contributed by atoms with E-state index in [2.05, 4.69) is 130 Å². The first-order chi connectivity index (χ1) is 38.6. The largest absolute Gasteiger partial charge is 0.479 e. The van der Waals surface area contributed by atoms with Gasteiger partial charge in [0.15, 0.2) is 24.6 Å². The van der Waals surface area contributed by atoms with Crippen LogP contribution in [-0.4, -0.2) is 89.2 Å². The third-order valence-corrected chi connectivity index (χ3v) is 13.3. The normalized spacial score (nSPS) is 18.6. The molecule has 0 radical (unpaired) electrons. The molecule has 0 spiro atoms. The molecule has 0 bridgehead atoms. The average molecular weight is 1110 g/mol. The predicted octanol–water partition coefficient (Wildman–Crippen LogP) is 16.2. The summed E-state index contributed by atoms with van der Waals surface area (Å²) in [5, 5.41) is 31.5. The summed E-state index contributed by atoms with van der Waals surface area (Å²) in [6.45, 7) is 5.75. The van der Waals surface area contributed by atoms with Gasteiger partial charge in [-0.25, -0.2) is 4.79 Å². The van der Waals surface area contributed by atoms with E-state index in [9.17, 15) is 34.5 Å². The lowest BCUT2D eigenvalue weighted by Gasteiger charge is -2.40. The Morgan fingerprint density at radius 1 is 0.430 bits per heavy atom. The third-order valence-electron chi connectivity index (χ3n) is 13.3. The zero-order valence-corrected chi connectivity index (χ0v) is 49.3. The minimum absolute atomic E-state index is 0.0349. The molecule has 6 atom stereocenters. The minimum atomic E-state index is -1.92. The zero-order valence-electron chi connectivity index (χ0n) is 49.3. The topological polar surface area (TPSA) is 175 Å². The van der Waals surface area contributed by atoms with E-state index >= 15 is 0 Å². The Balaban J connectivity index is 2.72. The summed E-state index contributed by atoms with van der Waals surface area (Å²) in [4.78, 5) is 51.2. The van der Waals surface area contributed by atoms with Crippen molar-refractivity contribution in [3.05, 3.63) is 109 Å². The molecule has 0 aliphatic carbocycles. The number of carboxylic acids is 1. The molecule has 12 nitrogen and oxygen atoms in total. The number of rotatable bonds is 51. The molecular formula is C67H108O12. The minimum Gasteiger partial charge on any atom is -0.479 e.